The Balaban J connectivity index is 2.13. The second-order valence-corrected chi connectivity index (χ2v) is 6.13. The van der Waals surface area contributed by atoms with E-state index in [-0.39, 0.29) is 0 Å². The van der Waals surface area contributed by atoms with Gasteiger partial charge in [0.15, 0.2) is 0 Å². The summed E-state index contributed by atoms with van der Waals surface area (Å²) in [5, 5.41) is 0. The Morgan fingerprint density at radius 2 is 1.50 bits per heavy atom. The van der Waals surface area contributed by atoms with Crippen molar-refractivity contribution in [2.75, 3.05) is 13.1 Å². The first-order valence-electron chi connectivity index (χ1n) is 7.17. The smallest absolute Gasteiger partial charge is 0.0362 e. The van der Waals surface area contributed by atoms with E-state index in [4.69, 9.17) is 5.73 Å². The fraction of sp³-hybridized carbons (Fsp3) is 1.00. The van der Waals surface area contributed by atoms with Crippen molar-refractivity contribution in [2.24, 2.45) is 11.7 Å². The molecule has 0 amide bonds. The lowest BCUT2D eigenvalue weighted by Crippen LogP contribution is -2.61. The molecule has 0 aromatic heterocycles. The van der Waals surface area contributed by atoms with Crippen molar-refractivity contribution in [1.82, 2.24) is 4.90 Å². The summed E-state index contributed by atoms with van der Waals surface area (Å²) in [6, 6.07) is 0.369. The van der Waals surface area contributed by atoms with Crippen LogP contribution in [0.15, 0.2) is 0 Å². The van der Waals surface area contributed by atoms with Gasteiger partial charge in [-0.2, -0.15) is 0 Å². The molecule has 1 unspecified atom stereocenters. The summed E-state index contributed by atoms with van der Waals surface area (Å²) in [7, 11) is 0. The molecule has 16 heavy (non-hydrogen) atoms. The first-order valence-corrected chi connectivity index (χ1v) is 7.17. The second-order valence-electron chi connectivity index (χ2n) is 6.13. The molecule has 1 saturated heterocycles. The van der Waals surface area contributed by atoms with Crippen LogP contribution in [0.4, 0.5) is 0 Å². The van der Waals surface area contributed by atoms with Gasteiger partial charge in [0, 0.05) is 11.6 Å². The Morgan fingerprint density at radius 3 is 2.00 bits per heavy atom. The minimum absolute atomic E-state index is 0.356. The van der Waals surface area contributed by atoms with Gasteiger partial charge in [-0.15, -0.1) is 0 Å². The van der Waals surface area contributed by atoms with Gasteiger partial charge in [-0.25, -0.2) is 0 Å². The molecule has 0 bridgehead atoms. The lowest BCUT2D eigenvalue weighted by Gasteiger charge is -2.48. The van der Waals surface area contributed by atoms with E-state index in [0.717, 1.165) is 0 Å². The van der Waals surface area contributed by atoms with Gasteiger partial charge in [-0.05, 0) is 44.7 Å². The molecule has 0 aromatic rings. The van der Waals surface area contributed by atoms with Crippen LogP contribution in [-0.4, -0.2) is 29.6 Å². The Bertz CT molecular complexity index is 213. The molecule has 1 aliphatic carbocycles. The summed E-state index contributed by atoms with van der Waals surface area (Å²) in [4.78, 5) is 2.74. The van der Waals surface area contributed by atoms with E-state index in [1.165, 1.54) is 58.0 Å². The van der Waals surface area contributed by atoms with Crippen LogP contribution in [0.5, 0.6) is 0 Å². The molecule has 2 N–H and O–H groups in total. The zero-order chi connectivity index (χ0) is 11.6. The van der Waals surface area contributed by atoms with E-state index in [2.05, 4.69) is 18.7 Å². The summed E-state index contributed by atoms with van der Waals surface area (Å²) < 4.78 is 0. The van der Waals surface area contributed by atoms with Crippen LogP contribution in [0.1, 0.15) is 58.8 Å². The van der Waals surface area contributed by atoms with Gasteiger partial charge >= 0.3 is 0 Å². The molecule has 2 fully saturated rings. The number of hydrogen-bond acceptors (Lipinski definition) is 2. The SMILES string of the molecule is CC(C)C(N)C1(N2CCCCC2)CCCC1. The van der Waals surface area contributed by atoms with Crippen molar-refractivity contribution in [2.45, 2.75) is 70.4 Å². The summed E-state index contributed by atoms with van der Waals surface area (Å²) >= 11 is 0. The summed E-state index contributed by atoms with van der Waals surface area (Å²) in [6.07, 6.45) is 9.63. The molecule has 2 heteroatoms. The number of rotatable bonds is 3. The molecular formula is C14H28N2. The number of nitrogens with two attached hydrogens (primary N) is 1. The van der Waals surface area contributed by atoms with Crippen molar-refractivity contribution in [1.29, 1.82) is 0 Å². The maximum Gasteiger partial charge on any atom is 0.0362 e. The van der Waals surface area contributed by atoms with E-state index in [0.29, 0.717) is 17.5 Å². The van der Waals surface area contributed by atoms with Crippen LogP contribution in [0.2, 0.25) is 0 Å². The first kappa shape index (κ1) is 12.4. The second kappa shape index (κ2) is 5.05. The molecule has 2 aliphatic rings. The standard InChI is InChI=1S/C14H28N2/c1-12(2)13(15)14(8-4-5-9-14)16-10-6-3-7-11-16/h12-13H,3-11,15H2,1-2H3. The molecular weight excluding hydrogens is 196 g/mol. The van der Waals surface area contributed by atoms with Crippen LogP contribution in [0, 0.1) is 5.92 Å². The van der Waals surface area contributed by atoms with E-state index >= 15 is 0 Å². The van der Waals surface area contributed by atoms with Gasteiger partial charge in [-0.3, -0.25) is 4.90 Å². The maximum absolute atomic E-state index is 6.55. The Morgan fingerprint density at radius 1 is 0.938 bits per heavy atom. The van der Waals surface area contributed by atoms with Gasteiger partial charge in [0.2, 0.25) is 0 Å². The summed E-state index contributed by atoms with van der Waals surface area (Å²) in [5.41, 5.74) is 6.90. The first-order chi connectivity index (χ1) is 7.67. The van der Waals surface area contributed by atoms with Gasteiger partial charge in [0.05, 0.1) is 0 Å². The Kier molecular flexibility index (Phi) is 3.91. The molecule has 1 heterocycles. The third-order valence-corrected chi connectivity index (χ3v) is 4.79. The lowest BCUT2D eigenvalue weighted by molar-refractivity contribution is 0.0352. The van der Waals surface area contributed by atoms with Gasteiger partial charge < -0.3 is 5.73 Å². The van der Waals surface area contributed by atoms with E-state index in [1.54, 1.807) is 0 Å². The molecule has 1 aliphatic heterocycles. The zero-order valence-corrected chi connectivity index (χ0v) is 11.0. The van der Waals surface area contributed by atoms with Crippen LogP contribution < -0.4 is 5.73 Å². The number of hydrogen-bond donors (Lipinski definition) is 1. The summed E-state index contributed by atoms with van der Waals surface area (Å²) in [6.45, 7) is 7.16. The highest BCUT2D eigenvalue weighted by molar-refractivity contribution is 5.03. The molecule has 0 spiro atoms. The number of piperidine rings is 1. The molecule has 1 atom stereocenters. The number of nitrogens with zero attached hydrogens (tertiary/aromatic N) is 1. The fourth-order valence-electron chi connectivity index (χ4n) is 3.81. The monoisotopic (exact) mass is 224 g/mol. The van der Waals surface area contributed by atoms with Crippen molar-refractivity contribution < 1.29 is 0 Å². The highest BCUT2D eigenvalue weighted by Gasteiger charge is 2.45. The molecule has 0 radical (unpaired) electrons. The molecule has 1 saturated carbocycles. The van der Waals surface area contributed by atoms with Crippen molar-refractivity contribution >= 4 is 0 Å². The molecule has 0 aromatic carbocycles. The molecule has 94 valence electrons. The minimum atomic E-state index is 0.356. The lowest BCUT2D eigenvalue weighted by atomic mass is 9.79. The summed E-state index contributed by atoms with van der Waals surface area (Å²) in [5.74, 6) is 0.611. The average molecular weight is 224 g/mol. The predicted molar refractivity (Wildman–Crippen MR) is 69.4 cm³/mol. The van der Waals surface area contributed by atoms with E-state index in [9.17, 15) is 0 Å². The molecule has 2 nitrogen and oxygen atoms in total. The van der Waals surface area contributed by atoms with E-state index in [1.807, 2.05) is 0 Å². The van der Waals surface area contributed by atoms with Gasteiger partial charge in [-0.1, -0.05) is 33.1 Å². The maximum atomic E-state index is 6.55. The molecule has 2 rings (SSSR count). The largest absolute Gasteiger partial charge is 0.326 e. The van der Waals surface area contributed by atoms with Crippen LogP contribution >= 0.6 is 0 Å². The van der Waals surface area contributed by atoms with Gasteiger partial charge in [0.1, 0.15) is 0 Å². The third kappa shape index (κ3) is 2.14. The fourth-order valence-corrected chi connectivity index (χ4v) is 3.81. The highest BCUT2D eigenvalue weighted by Crippen LogP contribution is 2.40. The van der Waals surface area contributed by atoms with Crippen LogP contribution in [0.3, 0.4) is 0 Å². The van der Waals surface area contributed by atoms with Crippen LogP contribution in [0.25, 0.3) is 0 Å². The normalized spacial score (nSPS) is 28.5. The third-order valence-electron chi connectivity index (χ3n) is 4.79. The minimum Gasteiger partial charge on any atom is -0.326 e. The Hall–Kier alpha value is -0.0800. The predicted octanol–water partition coefficient (Wildman–Crippen LogP) is 2.77. The number of likely N-dealkylation sites (tertiary alicyclic amines) is 1. The quantitative estimate of drug-likeness (QED) is 0.798. The van der Waals surface area contributed by atoms with Gasteiger partial charge in [0.25, 0.3) is 0 Å². The zero-order valence-electron chi connectivity index (χ0n) is 11.0. The van der Waals surface area contributed by atoms with Crippen LogP contribution in [-0.2, 0) is 0 Å². The van der Waals surface area contributed by atoms with Crippen molar-refractivity contribution in [3.8, 4) is 0 Å². The van der Waals surface area contributed by atoms with Crippen molar-refractivity contribution in [3.63, 3.8) is 0 Å². The topological polar surface area (TPSA) is 29.3 Å². The average Bonchev–Trinajstić information content (AvgIpc) is 2.79. The highest BCUT2D eigenvalue weighted by atomic mass is 15.2. The van der Waals surface area contributed by atoms with Crippen molar-refractivity contribution in [3.05, 3.63) is 0 Å². The Labute approximate surface area is 101 Å². The van der Waals surface area contributed by atoms with E-state index < -0.39 is 0 Å².